The minimum absolute atomic E-state index is 0.838. The fraction of sp³-hybridized carbons (Fsp3) is 0.200. The van der Waals surface area contributed by atoms with Crippen LogP contribution in [-0.2, 0) is 10.8 Å². The maximum Gasteiger partial charge on any atom is 0.105 e. The van der Waals surface area contributed by atoms with Gasteiger partial charge >= 0.3 is 0 Å². The normalized spacial score (nSPS) is 13.6. The Morgan fingerprint density at radius 1 is 1.78 bits per heavy atom. The van der Waals surface area contributed by atoms with Gasteiger partial charge in [0.15, 0.2) is 0 Å². The van der Waals surface area contributed by atoms with Gasteiger partial charge in [0.1, 0.15) is 4.21 Å². The van der Waals surface area contributed by atoms with Crippen LogP contribution < -0.4 is 0 Å². The van der Waals surface area contributed by atoms with Crippen LogP contribution in [0.15, 0.2) is 20.1 Å². The summed E-state index contributed by atoms with van der Waals surface area (Å²) < 4.78 is 12.7. The average molecular weight is 225 g/mol. The van der Waals surface area contributed by atoms with Crippen LogP contribution >= 0.6 is 27.3 Å². The maximum absolute atomic E-state index is 10.8. The highest BCUT2D eigenvalue weighted by atomic mass is 79.9. The lowest BCUT2D eigenvalue weighted by Gasteiger charge is -1.87. The molecule has 1 aromatic heterocycles. The van der Waals surface area contributed by atoms with Crippen molar-refractivity contribution >= 4 is 38.1 Å². The number of rotatable bonds is 1. The largest absolute Gasteiger partial charge is 0.254 e. The molecule has 0 aliphatic heterocycles. The van der Waals surface area contributed by atoms with Gasteiger partial charge in [0.25, 0.3) is 0 Å². The van der Waals surface area contributed by atoms with Crippen molar-refractivity contribution in [3.63, 3.8) is 0 Å². The lowest BCUT2D eigenvalue weighted by molar-refractivity contribution is 0.688. The van der Waals surface area contributed by atoms with E-state index in [0.717, 1.165) is 8.68 Å². The Labute approximate surface area is 68.7 Å². The number of halogens is 1. The molecular weight excluding hydrogens is 220 g/mol. The van der Waals surface area contributed by atoms with E-state index in [1.165, 1.54) is 11.3 Å². The van der Waals surface area contributed by atoms with Gasteiger partial charge in [0, 0.05) is 10.7 Å². The second kappa shape index (κ2) is 2.94. The molecule has 1 rings (SSSR count). The third-order valence-electron chi connectivity index (χ3n) is 0.846. The molecule has 0 amide bonds. The van der Waals surface area contributed by atoms with E-state index in [9.17, 15) is 4.21 Å². The van der Waals surface area contributed by atoms with Gasteiger partial charge in [-0.2, -0.15) is 0 Å². The van der Waals surface area contributed by atoms with E-state index in [1.807, 2.05) is 11.4 Å². The molecule has 4 heteroatoms. The van der Waals surface area contributed by atoms with Gasteiger partial charge in [-0.15, -0.1) is 11.3 Å². The standard InChI is InChI=1S/C5H5BrOS2/c1-9(7)5-4(6)2-3-8-5/h2-3H,1H3. The van der Waals surface area contributed by atoms with E-state index < -0.39 is 10.8 Å². The SMILES string of the molecule is CS(=O)c1sccc1Br. The highest BCUT2D eigenvalue weighted by molar-refractivity contribution is 9.10. The highest BCUT2D eigenvalue weighted by Gasteiger charge is 2.02. The van der Waals surface area contributed by atoms with E-state index in [4.69, 9.17) is 0 Å². The van der Waals surface area contributed by atoms with Crippen molar-refractivity contribution in [1.82, 2.24) is 0 Å². The molecule has 0 saturated carbocycles. The minimum atomic E-state index is -0.838. The van der Waals surface area contributed by atoms with Crippen LogP contribution in [0.1, 0.15) is 0 Å². The molecule has 0 aliphatic rings. The summed E-state index contributed by atoms with van der Waals surface area (Å²) >= 11 is 4.79. The smallest absolute Gasteiger partial charge is 0.105 e. The molecular formula is C5H5BrOS2. The first-order chi connectivity index (χ1) is 4.22. The number of hydrogen-bond donors (Lipinski definition) is 0. The van der Waals surface area contributed by atoms with Gasteiger partial charge in [0.05, 0.1) is 10.8 Å². The zero-order chi connectivity index (χ0) is 6.85. The molecule has 0 N–H and O–H groups in total. The first-order valence-electron chi connectivity index (χ1n) is 2.28. The van der Waals surface area contributed by atoms with E-state index in [-0.39, 0.29) is 0 Å². The highest BCUT2D eigenvalue weighted by Crippen LogP contribution is 2.24. The van der Waals surface area contributed by atoms with Crippen LogP contribution in [0.3, 0.4) is 0 Å². The maximum atomic E-state index is 10.8. The molecule has 0 spiro atoms. The molecule has 1 aromatic rings. The molecule has 1 atom stereocenters. The van der Waals surface area contributed by atoms with Gasteiger partial charge in [-0.05, 0) is 27.4 Å². The zero-order valence-corrected chi connectivity index (χ0v) is 7.98. The molecule has 0 saturated heterocycles. The van der Waals surface area contributed by atoms with Crippen LogP contribution in [0.25, 0.3) is 0 Å². The van der Waals surface area contributed by atoms with E-state index >= 15 is 0 Å². The molecule has 0 bridgehead atoms. The van der Waals surface area contributed by atoms with Crippen molar-refractivity contribution in [3.05, 3.63) is 15.9 Å². The number of hydrogen-bond acceptors (Lipinski definition) is 2. The predicted octanol–water partition coefficient (Wildman–Crippen LogP) is 2.25. The lowest BCUT2D eigenvalue weighted by atomic mass is 10.7. The van der Waals surface area contributed by atoms with E-state index in [0.29, 0.717) is 0 Å². The van der Waals surface area contributed by atoms with Gasteiger partial charge < -0.3 is 0 Å². The third kappa shape index (κ3) is 1.63. The topological polar surface area (TPSA) is 17.1 Å². The first-order valence-corrected chi connectivity index (χ1v) is 5.51. The molecule has 0 aliphatic carbocycles. The van der Waals surface area contributed by atoms with Gasteiger partial charge in [-0.25, -0.2) is 0 Å². The minimum Gasteiger partial charge on any atom is -0.254 e. The average Bonchev–Trinajstić information content (AvgIpc) is 2.13. The summed E-state index contributed by atoms with van der Waals surface area (Å²) in [7, 11) is -0.838. The quantitative estimate of drug-likeness (QED) is 0.716. The Hall–Kier alpha value is 0.330. The Bertz CT molecular complexity index is 231. The second-order valence-electron chi connectivity index (χ2n) is 1.51. The monoisotopic (exact) mass is 224 g/mol. The summed E-state index contributed by atoms with van der Waals surface area (Å²) in [4.78, 5) is 0. The molecule has 0 fully saturated rings. The van der Waals surface area contributed by atoms with Gasteiger partial charge in [0.2, 0.25) is 0 Å². The van der Waals surface area contributed by atoms with Gasteiger partial charge in [-0.1, -0.05) is 0 Å². The van der Waals surface area contributed by atoms with E-state index in [1.54, 1.807) is 6.26 Å². The predicted molar refractivity (Wildman–Crippen MR) is 44.4 cm³/mol. The van der Waals surface area contributed by atoms with Crippen LogP contribution in [0.4, 0.5) is 0 Å². The van der Waals surface area contributed by atoms with Crippen LogP contribution in [0.5, 0.6) is 0 Å². The molecule has 0 radical (unpaired) electrons. The molecule has 9 heavy (non-hydrogen) atoms. The first kappa shape index (κ1) is 7.44. The Morgan fingerprint density at radius 2 is 2.44 bits per heavy atom. The Balaban J connectivity index is 3.08. The Kier molecular flexibility index (Phi) is 2.43. The third-order valence-corrected chi connectivity index (χ3v) is 4.47. The summed E-state index contributed by atoms with van der Waals surface area (Å²) in [5.41, 5.74) is 0. The Morgan fingerprint density at radius 3 is 2.67 bits per heavy atom. The summed E-state index contributed by atoms with van der Waals surface area (Å²) in [5.74, 6) is 0. The summed E-state index contributed by atoms with van der Waals surface area (Å²) in [6, 6.07) is 1.90. The number of thiophene rings is 1. The molecule has 0 aromatic carbocycles. The fourth-order valence-corrected chi connectivity index (χ4v) is 3.32. The van der Waals surface area contributed by atoms with Crippen molar-refractivity contribution < 1.29 is 4.21 Å². The second-order valence-corrected chi connectivity index (χ2v) is 4.86. The molecule has 1 unspecified atom stereocenters. The van der Waals surface area contributed by atoms with Crippen LogP contribution in [0.2, 0.25) is 0 Å². The summed E-state index contributed by atoms with van der Waals surface area (Å²) in [6.45, 7) is 0. The van der Waals surface area contributed by atoms with Crippen molar-refractivity contribution in [3.8, 4) is 0 Å². The molecule has 50 valence electrons. The lowest BCUT2D eigenvalue weighted by Crippen LogP contribution is -1.80. The zero-order valence-electron chi connectivity index (χ0n) is 4.76. The van der Waals surface area contributed by atoms with Crippen molar-refractivity contribution in [2.75, 3.05) is 6.26 Å². The van der Waals surface area contributed by atoms with Crippen molar-refractivity contribution in [1.29, 1.82) is 0 Å². The summed E-state index contributed by atoms with van der Waals surface area (Å²) in [5, 5.41) is 1.92. The summed E-state index contributed by atoms with van der Waals surface area (Å²) in [6.07, 6.45) is 1.68. The van der Waals surface area contributed by atoms with Crippen molar-refractivity contribution in [2.45, 2.75) is 4.21 Å². The van der Waals surface area contributed by atoms with E-state index in [2.05, 4.69) is 15.9 Å². The van der Waals surface area contributed by atoms with Crippen LogP contribution in [0, 0.1) is 0 Å². The van der Waals surface area contributed by atoms with Gasteiger partial charge in [-0.3, -0.25) is 4.21 Å². The fourth-order valence-electron chi connectivity index (χ4n) is 0.485. The molecule has 1 nitrogen and oxygen atoms in total. The molecule has 1 heterocycles. The van der Waals surface area contributed by atoms with Crippen LogP contribution in [-0.4, -0.2) is 10.5 Å². The van der Waals surface area contributed by atoms with Crippen molar-refractivity contribution in [2.24, 2.45) is 0 Å².